The van der Waals surface area contributed by atoms with Crippen molar-refractivity contribution in [1.82, 2.24) is 0 Å². The lowest BCUT2D eigenvalue weighted by Crippen LogP contribution is -2.08. The zero-order chi connectivity index (χ0) is 18.2. The number of ether oxygens (including phenoxy) is 2. The molecule has 0 aromatic heterocycles. The maximum atomic E-state index is 12.1. The minimum atomic E-state index is -2.88. The van der Waals surface area contributed by atoms with Crippen LogP contribution in [0.25, 0.3) is 6.08 Å². The highest BCUT2D eigenvalue weighted by atomic mass is 19.3. The lowest BCUT2D eigenvalue weighted by atomic mass is 10.2. The fourth-order valence-corrected chi connectivity index (χ4v) is 1.92. The smallest absolute Gasteiger partial charge is 0.387 e. The van der Waals surface area contributed by atoms with E-state index in [-0.39, 0.29) is 11.7 Å². The summed E-state index contributed by atoms with van der Waals surface area (Å²) in [4.78, 5) is 23.2. The van der Waals surface area contributed by atoms with Crippen molar-refractivity contribution in [2.75, 3.05) is 12.4 Å². The number of hydrogen-bond acceptors (Lipinski definition) is 4. The second kappa shape index (κ2) is 8.58. The number of methoxy groups -OCH3 is 1. The number of rotatable bonds is 6. The summed E-state index contributed by atoms with van der Waals surface area (Å²) in [6.45, 7) is -2.88. The standard InChI is InChI=1S/C18H15F2NO4/c1-24-17(23)13-5-7-14(8-6-13)21-16(22)11-4-12-2-9-15(10-3-12)25-18(19)20/h2-11,18H,1H3,(H,21,22)/b11-4+. The van der Waals surface area contributed by atoms with Gasteiger partial charge in [0.25, 0.3) is 0 Å². The topological polar surface area (TPSA) is 64.6 Å². The number of anilines is 1. The Kier molecular flexibility index (Phi) is 6.22. The molecule has 0 atom stereocenters. The highest BCUT2D eigenvalue weighted by Crippen LogP contribution is 2.16. The molecule has 0 saturated carbocycles. The van der Waals surface area contributed by atoms with Crippen LogP contribution in [0.2, 0.25) is 0 Å². The number of halogens is 2. The van der Waals surface area contributed by atoms with Crippen LogP contribution in [0, 0.1) is 0 Å². The van der Waals surface area contributed by atoms with E-state index in [9.17, 15) is 18.4 Å². The van der Waals surface area contributed by atoms with E-state index in [4.69, 9.17) is 0 Å². The van der Waals surface area contributed by atoms with Crippen molar-refractivity contribution in [3.63, 3.8) is 0 Å². The van der Waals surface area contributed by atoms with Gasteiger partial charge >= 0.3 is 12.6 Å². The maximum absolute atomic E-state index is 12.1. The molecule has 0 aliphatic carbocycles. The van der Waals surface area contributed by atoms with E-state index in [1.54, 1.807) is 24.3 Å². The molecule has 0 spiro atoms. The van der Waals surface area contributed by atoms with Crippen LogP contribution in [0.4, 0.5) is 14.5 Å². The van der Waals surface area contributed by atoms with Crippen molar-refractivity contribution in [3.8, 4) is 5.75 Å². The fourth-order valence-electron chi connectivity index (χ4n) is 1.92. The molecule has 0 fully saturated rings. The normalized spacial score (nSPS) is 10.7. The molecule has 0 heterocycles. The van der Waals surface area contributed by atoms with Crippen molar-refractivity contribution in [2.24, 2.45) is 0 Å². The Morgan fingerprint density at radius 2 is 1.68 bits per heavy atom. The zero-order valence-electron chi connectivity index (χ0n) is 13.2. The number of hydrogen-bond donors (Lipinski definition) is 1. The maximum Gasteiger partial charge on any atom is 0.387 e. The van der Waals surface area contributed by atoms with Crippen molar-refractivity contribution < 1.29 is 27.8 Å². The van der Waals surface area contributed by atoms with Crippen LogP contribution < -0.4 is 10.1 Å². The third-order valence-corrected chi connectivity index (χ3v) is 3.11. The summed E-state index contributed by atoms with van der Waals surface area (Å²) in [6, 6.07) is 12.1. The van der Waals surface area contributed by atoms with Crippen LogP contribution in [-0.2, 0) is 9.53 Å². The average molecular weight is 347 g/mol. The monoisotopic (exact) mass is 347 g/mol. The van der Waals surface area contributed by atoms with Gasteiger partial charge in [-0.1, -0.05) is 12.1 Å². The van der Waals surface area contributed by atoms with Crippen molar-refractivity contribution >= 4 is 23.6 Å². The highest BCUT2D eigenvalue weighted by Gasteiger charge is 2.05. The van der Waals surface area contributed by atoms with Gasteiger partial charge in [0.1, 0.15) is 5.75 Å². The summed E-state index contributed by atoms with van der Waals surface area (Å²) in [5.74, 6) is -0.793. The molecule has 0 bridgehead atoms. The summed E-state index contributed by atoms with van der Waals surface area (Å²) in [5, 5.41) is 2.63. The molecule has 2 rings (SSSR count). The first kappa shape index (κ1) is 18.1. The predicted molar refractivity (Wildman–Crippen MR) is 88.5 cm³/mol. The molecular formula is C18H15F2NO4. The van der Waals surface area contributed by atoms with Crippen LogP contribution in [-0.4, -0.2) is 25.6 Å². The SMILES string of the molecule is COC(=O)c1ccc(NC(=O)/C=C/c2ccc(OC(F)F)cc2)cc1. The summed E-state index contributed by atoms with van der Waals surface area (Å²) in [5.41, 5.74) is 1.54. The largest absolute Gasteiger partial charge is 0.465 e. The van der Waals surface area contributed by atoms with Gasteiger partial charge in [0.05, 0.1) is 12.7 Å². The molecule has 5 nitrogen and oxygen atoms in total. The van der Waals surface area contributed by atoms with Crippen molar-refractivity contribution in [3.05, 3.63) is 65.7 Å². The molecule has 0 unspecified atom stereocenters. The third-order valence-electron chi connectivity index (χ3n) is 3.11. The number of esters is 1. The van der Waals surface area contributed by atoms with Crippen LogP contribution in [0.15, 0.2) is 54.6 Å². The van der Waals surface area contributed by atoms with Crippen molar-refractivity contribution in [2.45, 2.75) is 6.61 Å². The Hall–Kier alpha value is -3.22. The number of nitrogens with one attached hydrogen (secondary N) is 1. The zero-order valence-corrected chi connectivity index (χ0v) is 13.2. The van der Waals surface area contributed by atoms with Gasteiger partial charge in [0.2, 0.25) is 5.91 Å². The van der Waals surface area contributed by atoms with Gasteiger partial charge in [0.15, 0.2) is 0 Å². The lowest BCUT2D eigenvalue weighted by molar-refractivity contribution is -0.111. The number of amides is 1. The van der Waals surface area contributed by atoms with Gasteiger partial charge in [-0.3, -0.25) is 4.79 Å². The molecule has 2 aromatic rings. The number of alkyl halides is 2. The predicted octanol–water partition coefficient (Wildman–Crippen LogP) is 3.73. The third kappa shape index (κ3) is 5.72. The van der Waals surface area contributed by atoms with Crippen molar-refractivity contribution in [1.29, 1.82) is 0 Å². The number of carbonyl (C=O) groups is 2. The summed E-state index contributed by atoms with van der Waals surface area (Å²) >= 11 is 0. The van der Waals surface area contributed by atoms with Crippen LogP contribution in [0.1, 0.15) is 15.9 Å². The summed E-state index contributed by atoms with van der Waals surface area (Å²) < 4.78 is 32.9. The molecule has 1 N–H and O–H groups in total. The Balaban J connectivity index is 1.93. The first-order valence-electron chi connectivity index (χ1n) is 7.20. The Morgan fingerprint density at radius 1 is 1.04 bits per heavy atom. The van der Waals surface area contributed by atoms with E-state index in [0.717, 1.165) is 0 Å². The highest BCUT2D eigenvalue weighted by molar-refractivity contribution is 6.02. The van der Waals surface area contributed by atoms with E-state index in [1.807, 2.05) is 0 Å². The Labute approximate surface area is 142 Å². The van der Waals surface area contributed by atoms with Gasteiger partial charge in [0, 0.05) is 11.8 Å². The molecule has 25 heavy (non-hydrogen) atoms. The molecule has 0 aliphatic heterocycles. The first-order valence-corrected chi connectivity index (χ1v) is 7.20. The minimum Gasteiger partial charge on any atom is -0.465 e. The van der Waals surface area contributed by atoms with E-state index in [1.165, 1.54) is 43.5 Å². The van der Waals surface area contributed by atoms with Gasteiger partial charge in [-0.15, -0.1) is 0 Å². The van der Waals surface area contributed by atoms with Gasteiger partial charge in [-0.2, -0.15) is 8.78 Å². The van der Waals surface area contributed by atoms with Crippen LogP contribution in [0.5, 0.6) is 5.75 Å². The summed E-state index contributed by atoms with van der Waals surface area (Å²) in [6.07, 6.45) is 2.83. The van der Waals surface area contributed by atoms with Gasteiger partial charge in [-0.25, -0.2) is 4.79 Å². The fraction of sp³-hybridized carbons (Fsp3) is 0.111. The van der Waals surface area contributed by atoms with Gasteiger partial charge < -0.3 is 14.8 Å². The average Bonchev–Trinajstić information content (AvgIpc) is 2.60. The molecule has 1 amide bonds. The lowest BCUT2D eigenvalue weighted by Gasteiger charge is -2.04. The number of carbonyl (C=O) groups excluding carboxylic acids is 2. The quantitative estimate of drug-likeness (QED) is 0.639. The summed E-state index contributed by atoms with van der Waals surface area (Å²) in [7, 11) is 1.29. The van der Waals surface area contributed by atoms with E-state index < -0.39 is 12.6 Å². The molecule has 130 valence electrons. The van der Waals surface area contributed by atoms with E-state index in [0.29, 0.717) is 16.8 Å². The Bertz CT molecular complexity index is 756. The van der Waals surface area contributed by atoms with Crippen LogP contribution in [0.3, 0.4) is 0 Å². The van der Waals surface area contributed by atoms with E-state index in [2.05, 4.69) is 14.8 Å². The molecule has 0 radical (unpaired) electrons. The minimum absolute atomic E-state index is 0.0438. The number of benzene rings is 2. The van der Waals surface area contributed by atoms with Crippen LogP contribution >= 0.6 is 0 Å². The Morgan fingerprint density at radius 3 is 2.24 bits per heavy atom. The first-order chi connectivity index (χ1) is 12.0. The molecule has 0 saturated heterocycles. The molecule has 7 heteroatoms. The van der Waals surface area contributed by atoms with E-state index >= 15 is 0 Å². The molecule has 2 aromatic carbocycles. The second-order valence-corrected chi connectivity index (χ2v) is 4.84. The van der Waals surface area contributed by atoms with Gasteiger partial charge in [-0.05, 0) is 48.0 Å². The molecule has 0 aliphatic rings. The second-order valence-electron chi connectivity index (χ2n) is 4.84. The molecular weight excluding hydrogens is 332 g/mol.